The number of carbonyl (C=O) groups excluding carboxylic acids is 1. The summed E-state index contributed by atoms with van der Waals surface area (Å²) in [5.41, 5.74) is 2.01. The Balaban J connectivity index is 1.65. The molecule has 0 unspecified atom stereocenters. The molecule has 114 valence electrons. The van der Waals surface area contributed by atoms with Crippen LogP contribution < -0.4 is 0 Å². The van der Waals surface area contributed by atoms with Gasteiger partial charge in [-0.05, 0) is 67.7 Å². The number of hydrogen-bond donors (Lipinski definition) is 1. The number of halogens is 1. The number of hydrogen-bond acceptors (Lipinski definition) is 2. The second kappa shape index (κ2) is 5.76. The first kappa shape index (κ1) is 14.5. The van der Waals surface area contributed by atoms with Crippen LogP contribution in [0.1, 0.15) is 47.2 Å². The molecule has 1 aromatic carbocycles. The van der Waals surface area contributed by atoms with E-state index < -0.39 is 0 Å². The summed E-state index contributed by atoms with van der Waals surface area (Å²) < 4.78 is 13.6. The largest absolute Gasteiger partial charge is 0.396 e. The highest BCUT2D eigenvalue weighted by Crippen LogP contribution is 2.32. The molecular weight excluding hydrogens is 269 g/mol. The van der Waals surface area contributed by atoms with Gasteiger partial charge in [-0.1, -0.05) is 0 Å². The third kappa shape index (κ3) is 2.82. The van der Waals surface area contributed by atoms with Gasteiger partial charge < -0.3 is 10.0 Å². The Labute approximate surface area is 124 Å². The zero-order chi connectivity index (χ0) is 15.0. The van der Waals surface area contributed by atoms with E-state index in [4.69, 9.17) is 0 Å². The first-order valence-electron chi connectivity index (χ1n) is 7.77. The Morgan fingerprint density at radius 1 is 1.24 bits per heavy atom. The first-order chi connectivity index (χ1) is 10.1. The molecule has 1 heterocycles. The van der Waals surface area contributed by atoms with Crippen LogP contribution in [-0.2, 0) is 6.54 Å². The normalized spacial score (nSPS) is 25.3. The Bertz CT molecular complexity index is 550. The number of carbonyl (C=O) groups is 1. The summed E-state index contributed by atoms with van der Waals surface area (Å²) in [4.78, 5) is 14.3. The van der Waals surface area contributed by atoms with Gasteiger partial charge in [-0.25, -0.2) is 4.39 Å². The number of rotatable bonds is 3. The maximum atomic E-state index is 13.6. The molecule has 0 bridgehead atoms. The van der Waals surface area contributed by atoms with Crippen molar-refractivity contribution < 1.29 is 14.3 Å². The number of aryl methyl sites for hydroxylation is 1. The summed E-state index contributed by atoms with van der Waals surface area (Å²) in [5.74, 6) is 0.755. The summed E-state index contributed by atoms with van der Waals surface area (Å²) in [5, 5.41) is 9.17. The van der Waals surface area contributed by atoms with Gasteiger partial charge in [-0.15, -0.1) is 0 Å². The number of fused-ring (bicyclic) bond motifs is 1. The van der Waals surface area contributed by atoms with Gasteiger partial charge in [0.1, 0.15) is 5.82 Å². The van der Waals surface area contributed by atoms with E-state index in [2.05, 4.69) is 0 Å². The van der Waals surface area contributed by atoms with Crippen LogP contribution in [0.2, 0.25) is 0 Å². The second-order valence-corrected chi connectivity index (χ2v) is 6.51. The molecule has 0 aromatic heterocycles. The molecule has 1 N–H and O–H groups in total. The van der Waals surface area contributed by atoms with Gasteiger partial charge in [0.2, 0.25) is 0 Å². The highest BCUT2D eigenvalue weighted by atomic mass is 19.1. The predicted octanol–water partition coefficient (Wildman–Crippen LogP) is 2.89. The third-order valence-corrected chi connectivity index (χ3v) is 4.97. The minimum absolute atomic E-state index is 0.0392. The fourth-order valence-electron chi connectivity index (χ4n) is 3.56. The number of benzene rings is 1. The van der Waals surface area contributed by atoms with Crippen LogP contribution in [0.15, 0.2) is 12.1 Å². The fourth-order valence-corrected chi connectivity index (χ4v) is 3.56. The summed E-state index contributed by atoms with van der Waals surface area (Å²) in [7, 11) is 0. The number of aliphatic hydroxyl groups is 1. The maximum Gasteiger partial charge on any atom is 0.254 e. The lowest BCUT2D eigenvalue weighted by Gasteiger charge is -2.30. The van der Waals surface area contributed by atoms with Crippen LogP contribution in [0, 0.1) is 24.6 Å². The molecule has 4 heteroatoms. The van der Waals surface area contributed by atoms with Crippen LogP contribution in [0.4, 0.5) is 4.39 Å². The molecule has 1 aliphatic carbocycles. The summed E-state index contributed by atoms with van der Waals surface area (Å²) in [6.07, 6.45) is 4.23. The van der Waals surface area contributed by atoms with Crippen LogP contribution in [-0.4, -0.2) is 29.1 Å². The van der Waals surface area contributed by atoms with Crippen molar-refractivity contribution in [1.82, 2.24) is 4.90 Å². The molecule has 3 nitrogen and oxygen atoms in total. The highest BCUT2D eigenvalue weighted by molar-refractivity contribution is 5.98. The van der Waals surface area contributed by atoms with Crippen LogP contribution in [0.5, 0.6) is 0 Å². The van der Waals surface area contributed by atoms with Crippen molar-refractivity contribution in [3.8, 4) is 0 Å². The smallest absolute Gasteiger partial charge is 0.254 e. The lowest BCUT2D eigenvalue weighted by molar-refractivity contribution is 0.0718. The van der Waals surface area contributed by atoms with E-state index in [1.54, 1.807) is 13.0 Å². The number of nitrogens with zero attached hydrogens (tertiary/aromatic N) is 1. The predicted molar refractivity (Wildman–Crippen MR) is 78.4 cm³/mol. The van der Waals surface area contributed by atoms with Gasteiger partial charge in [0.05, 0.1) is 0 Å². The number of amides is 1. The third-order valence-electron chi connectivity index (χ3n) is 4.97. The standard InChI is InChI=1S/C17H22FNO2/c1-11-6-15-14(7-16(11)18)9-19(17(15)21)8-12-2-4-13(10-20)5-3-12/h6-7,12-13,20H,2-5,8-10H2,1H3. The molecule has 0 atom stereocenters. The minimum atomic E-state index is -0.230. The van der Waals surface area contributed by atoms with Crippen LogP contribution in [0.3, 0.4) is 0 Å². The van der Waals surface area contributed by atoms with Crippen molar-refractivity contribution in [2.45, 2.75) is 39.2 Å². The van der Waals surface area contributed by atoms with E-state index in [-0.39, 0.29) is 18.3 Å². The molecule has 3 rings (SSSR count). The molecule has 1 saturated carbocycles. The quantitative estimate of drug-likeness (QED) is 0.930. The summed E-state index contributed by atoms with van der Waals surface area (Å²) in [6, 6.07) is 3.18. The van der Waals surface area contributed by atoms with Gasteiger partial charge in [0.15, 0.2) is 0 Å². The van der Waals surface area contributed by atoms with Crippen LogP contribution >= 0.6 is 0 Å². The SMILES string of the molecule is Cc1cc2c(cc1F)CN(CC1CCC(CO)CC1)C2=O. The maximum absolute atomic E-state index is 13.6. The fraction of sp³-hybridized carbons (Fsp3) is 0.588. The van der Waals surface area contributed by atoms with Crippen molar-refractivity contribution in [2.75, 3.05) is 13.2 Å². The van der Waals surface area contributed by atoms with Gasteiger partial charge in [0, 0.05) is 25.3 Å². The van der Waals surface area contributed by atoms with Crippen molar-refractivity contribution in [3.63, 3.8) is 0 Å². The Kier molecular flexibility index (Phi) is 3.98. The average molecular weight is 291 g/mol. The van der Waals surface area contributed by atoms with Crippen molar-refractivity contribution in [2.24, 2.45) is 11.8 Å². The topological polar surface area (TPSA) is 40.5 Å². The molecule has 0 radical (unpaired) electrons. The Hall–Kier alpha value is -1.42. The summed E-state index contributed by atoms with van der Waals surface area (Å²) in [6.45, 7) is 3.26. The lowest BCUT2D eigenvalue weighted by atomic mass is 9.82. The number of aliphatic hydroxyl groups excluding tert-OH is 1. The molecule has 1 aromatic rings. The molecule has 0 saturated heterocycles. The first-order valence-corrected chi connectivity index (χ1v) is 7.77. The highest BCUT2D eigenvalue weighted by Gasteiger charge is 2.31. The lowest BCUT2D eigenvalue weighted by Crippen LogP contribution is -2.32. The van der Waals surface area contributed by atoms with Gasteiger partial charge in [0.25, 0.3) is 5.91 Å². The molecule has 0 spiro atoms. The van der Waals surface area contributed by atoms with Gasteiger partial charge in [-0.3, -0.25) is 4.79 Å². The van der Waals surface area contributed by atoms with Crippen molar-refractivity contribution >= 4 is 5.91 Å². The van der Waals surface area contributed by atoms with Crippen molar-refractivity contribution in [3.05, 3.63) is 34.6 Å². The van der Waals surface area contributed by atoms with E-state index in [9.17, 15) is 14.3 Å². The van der Waals surface area contributed by atoms with Gasteiger partial charge >= 0.3 is 0 Å². The minimum Gasteiger partial charge on any atom is -0.396 e. The monoisotopic (exact) mass is 291 g/mol. The molecular formula is C17H22FNO2. The molecule has 1 fully saturated rings. The zero-order valence-corrected chi connectivity index (χ0v) is 12.4. The van der Waals surface area contributed by atoms with E-state index in [1.165, 1.54) is 6.07 Å². The Morgan fingerprint density at radius 3 is 2.57 bits per heavy atom. The van der Waals surface area contributed by atoms with Gasteiger partial charge in [-0.2, -0.15) is 0 Å². The van der Waals surface area contributed by atoms with E-state index >= 15 is 0 Å². The van der Waals surface area contributed by atoms with E-state index in [0.717, 1.165) is 37.8 Å². The Morgan fingerprint density at radius 2 is 1.90 bits per heavy atom. The second-order valence-electron chi connectivity index (χ2n) is 6.51. The molecule has 21 heavy (non-hydrogen) atoms. The zero-order valence-electron chi connectivity index (χ0n) is 12.4. The molecule has 1 aliphatic heterocycles. The van der Waals surface area contributed by atoms with Crippen molar-refractivity contribution in [1.29, 1.82) is 0 Å². The summed E-state index contributed by atoms with van der Waals surface area (Å²) >= 11 is 0. The van der Waals surface area contributed by atoms with E-state index in [0.29, 0.717) is 29.5 Å². The molecule has 2 aliphatic rings. The molecule has 1 amide bonds. The van der Waals surface area contributed by atoms with E-state index in [1.807, 2.05) is 4.90 Å². The average Bonchev–Trinajstić information content (AvgIpc) is 2.77. The van der Waals surface area contributed by atoms with Crippen LogP contribution in [0.25, 0.3) is 0 Å².